The molecule has 272 valence electrons. The van der Waals surface area contributed by atoms with Crippen LogP contribution in [-0.2, 0) is 0 Å². The second-order valence-corrected chi connectivity index (χ2v) is 13.9. The van der Waals surface area contributed by atoms with E-state index in [2.05, 4.69) is 12.1 Å². The number of rotatable bonds is 7. The van der Waals surface area contributed by atoms with Gasteiger partial charge in [0, 0.05) is 33.2 Å². The van der Waals surface area contributed by atoms with Crippen LogP contribution >= 0.6 is 0 Å². The van der Waals surface area contributed by atoms with Gasteiger partial charge in [-0.1, -0.05) is 176 Å². The van der Waals surface area contributed by atoms with Crippen molar-refractivity contribution < 1.29 is 22.2 Å². The van der Waals surface area contributed by atoms with E-state index in [1.165, 1.54) is 0 Å². The van der Waals surface area contributed by atoms with Crippen LogP contribution in [0.4, 0.5) is 17.1 Å². The Bertz CT molecular complexity index is 3960. The summed E-state index contributed by atoms with van der Waals surface area (Å²) >= 11 is 0. The molecule has 10 aromatic carbocycles. The lowest BCUT2D eigenvalue weighted by molar-refractivity contribution is 0.673. The summed E-state index contributed by atoms with van der Waals surface area (Å²) in [5, 5.41) is 5.99. The number of nitrogens with zero attached hydrogens (tertiary/aromatic N) is 1. The van der Waals surface area contributed by atoms with Crippen LogP contribution in [0.2, 0.25) is 0 Å². The van der Waals surface area contributed by atoms with Crippen molar-refractivity contribution in [1.82, 2.24) is 0 Å². The maximum atomic E-state index is 9.64. The Morgan fingerprint density at radius 3 is 1.72 bits per heavy atom. The molecule has 58 heavy (non-hydrogen) atoms. The number of hydrogen-bond acceptors (Lipinski definition) is 2. The van der Waals surface area contributed by atoms with Crippen molar-refractivity contribution in [3.05, 3.63) is 224 Å². The smallest absolute Gasteiger partial charge is 0.143 e. The zero-order valence-corrected chi connectivity index (χ0v) is 30.7. The molecule has 2 nitrogen and oxygen atoms in total. The molecule has 0 N–H and O–H groups in total. The monoisotopic (exact) mass is 752 g/mol. The molecule has 0 radical (unpaired) electrons. The molecular weight excluding hydrogens is 703 g/mol. The minimum atomic E-state index is -0.778. The van der Waals surface area contributed by atoms with Crippen LogP contribution in [0.1, 0.15) is 17.8 Å². The standard InChI is InChI=1S/C56H37NO/c1-2-11-38(12-3-1)39-23-25-40(26-24-39)41-27-32-46(33-28-41)57(48-17-8-16-45(37-48)50-20-9-15-42-13-4-6-18-49(42)50)47-34-29-44(30-35-47)51-21-10-22-54-55(51)53-36-31-43-14-5-7-19-52(43)56(53)58-54/h1-37H/i1D,2D,3D,11D,12D,23D,24D,25D,26D,27D,28D,32D,33D. The largest absolute Gasteiger partial charge is 0.455 e. The highest BCUT2D eigenvalue weighted by Gasteiger charge is 2.18. The van der Waals surface area contributed by atoms with Gasteiger partial charge in [0.2, 0.25) is 0 Å². The molecule has 0 saturated heterocycles. The Kier molecular flexibility index (Phi) is 5.54. The summed E-state index contributed by atoms with van der Waals surface area (Å²) in [6.07, 6.45) is 0. The van der Waals surface area contributed by atoms with Crippen molar-refractivity contribution in [3.63, 3.8) is 0 Å². The minimum absolute atomic E-state index is 0.146. The van der Waals surface area contributed by atoms with Gasteiger partial charge in [0.1, 0.15) is 11.2 Å². The average Bonchev–Trinajstić information content (AvgIpc) is 3.79. The van der Waals surface area contributed by atoms with Gasteiger partial charge in [-0.05, 0) is 109 Å². The third-order valence-corrected chi connectivity index (χ3v) is 10.5. The average molecular weight is 753 g/mol. The first-order chi connectivity index (χ1) is 34.2. The fourth-order valence-corrected chi connectivity index (χ4v) is 7.76. The van der Waals surface area contributed by atoms with Gasteiger partial charge in [-0.2, -0.15) is 0 Å². The lowest BCUT2D eigenvalue weighted by Gasteiger charge is -2.26. The predicted octanol–water partition coefficient (Wildman–Crippen LogP) is 16.0. The molecule has 11 aromatic rings. The van der Waals surface area contributed by atoms with E-state index < -0.39 is 101 Å². The molecule has 0 saturated carbocycles. The van der Waals surface area contributed by atoms with Crippen LogP contribution in [0.25, 0.3) is 88.0 Å². The van der Waals surface area contributed by atoms with E-state index in [1.54, 1.807) is 4.90 Å². The lowest BCUT2D eigenvalue weighted by atomic mass is 9.97. The normalized spacial score (nSPS) is 14.6. The van der Waals surface area contributed by atoms with Crippen molar-refractivity contribution in [1.29, 1.82) is 0 Å². The van der Waals surface area contributed by atoms with Crippen molar-refractivity contribution >= 4 is 60.5 Å². The van der Waals surface area contributed by atoms with E-state index >= 15 is 0 Å². The molecular formula is C56H37NO. The first-order valence-corrected chi connectivity index (χ1v) is 18.8. The van der Waals surface area contributed by atoms with Gasteiger partial charge in [0.05, 0.1) is 17.8 Å². The third kappa shape index (κ3) is 5.91. The zero-order valence-electron chi connectivity index (χ0n) is 43.7. The predicted molar refractivity (Wildman–Crippen MR) is 245 cm³/mol. The zero-order chi connectivity index (χ0) is 49.7. The van der Waals surface area contributed by atoms with E-state index in [0.29, 0.717) is 11.4 Å². The minimum Gasteiger partial charge on any atom is -0.455 e. The molecule has 0 fully saturated rings. The Labute approximate surface area is 355 Å². The molecule has 0 aliphatic carbocycles. The molecule has 1 heterocycles. The summed E-state index contributed by atoms with van der Waals surface area (Å²) in [5.41, 5.74) is 3.73. The number of anilines is 3. The SMILES string of the molecule is [2H]c1c([2H])c([2H])c(-c2c([2H])c([2H])c(-c3c([2H])c([2H])c(N(c4ccc(-c5cccc6oc7c8ccccc8ccc7c56)cc4)c4cccc(-c5cccc6ccccc56)c4)c([2H])c3[2H])c([2H])c2[2H])c([2H])c1[2H]. The molecule has 0 aliphatic rings. The summed E-state index contributed by atoms with van der Waals surface area (Å²) in [4.78, 5) is 1.64. The number of hydrogen-bond donors (Lipinski definition) is 0. The van der Waals surface area contributed by atoms with Gasteiger partial charge in [0.15, 0.2) is 0 Å². The Morgan fingerprint density at radius 2 is 0.966 bits per heavy atom. The molecule has 0 spiro atoms. The third-order valence-electron chi connectivity index (χ3n) is 10.5. The Morgan fingerprint density at radius 1 is 0.362 bits per heavy atom. The second-order valence-electron chi connectivity index (χ2n) is 13.9. The summed E-state index contributed by atoms with van der Waals surface area (Å²) in [5.74, 6) is 0. The van der Waals surface area contributed by atoms with Crippen molar-refractivity contribution in [2.24, 2.45) is 0 Å². The second kappa shape index (κ2) is 14.1. The Balaban J connectivity index is 1.10. The fourth-order valence-electron chi connectivity index (χ4n) is 7.76. The van der Waals surface area contributed by atoms with E-state index in [1.807, 2.05) is 133 Å². The summed E-state index contributed by atoms with van der Waals surface area (Å²) in [6, 6.07) is 38.1. The summed E-state index contributed by atoms with van der Waals surface area (Å²) < 4.78 is 122. The molecule has 11 rings (SSSR count). The maximum absolute atomic E-state index is 9.64. The van der Waals surface area contributed by atoms with E-state index in [4.69, 9.17) is 16.8 Å². The number of benzene rings is 10. The lowest BCUT2D eigenvalue weighted by Crippen LogP contribution is -2.10. The molecule has 2 heteroatoms. The maximum Gasteiger partial charge on any atom is 0.143 e. The first kappa shape index (κ1) is 22.8. The van der Waals surface area contributed by atoms with Crippen LogP contribution in [0, 0.1) is 0 Å². The first-order valence-electron chi connectivity index (χ1n) is 25.3. The van der Waals surface area contributed by atoms with E-state index in [9.17, 15) is 5.48 Å². The van der Waals surface area contributed by atoms with Crippen LogP contribution in [-0.4, -0.2) is 0 Å². The molecule has 0 unspecified atom stereocenters. The fraction of sp³-hybridized carbons (Fsp3) is 0. The van der Waals surface area contributed by atoms with Crippen molar-refractivity contribution in [2.45, 2.75) is 0 Å². The van der Waals surface area contributed by atoms with Crippen LogP contribution in [0.5, 0.6) is 0 Å². The van der Waals surface area contributed by atoms with Gasteiger partial charge in [-0.25, -0.2) is 0 Å². The van der Waals surface area contributed by atoms with Crippen LogP contribution < -0.4 is 4.90 Å². The van der Waals surface area contributed by atoms with Crippen molar-refractivity contribution in [3.8, 4) is 44.5 Å². The van der Waals surface area contributed by atoms with Gasteiger partial charge < -0.3 is 9.32 Å². The van der Waals surface area contributed by atoms with Gasteiger partial charge >= 0.3 is 0 Å². The number of furan rings is 1. The molecule has 0 aliphatic heterocycles. The number of fused-ring (bicyclic) bond motifs is 6. The Hall–Kier alpha value is -7.68. The van der Waals surface area contributed by atoms with Gasteiger partial charge in [-0.15, -0.1) is 0 Å². The van der Waals surface area contributed by atoms with Gasteiger partial charge in [-0.3, -0.25) is 0 Å². The van der Waals surface area contributed by atoms with Crippen LogP contribution in [0.15, 0.2) is 229 Å². The highest BCUT2D eigenvalue weighted by molar-refractivity contribution is 6.19. The molecule has 0 bridgehead atoms. The van der Waals surface area contributed by atoms with Crippen molar-refractivity contribution in [2.75, 3.05) is 4.90 Å². The summed E-state index contributed by atoms with van der Waals surface area (Å²) in [6.45, 7) is 0. The quantitative estimate of drug-likeness (QED) is 0.161. The molecule has 1 aromatic heterocycles. The summed E-state index contributed by atoms with van der Waals surface area (Å²) in [7, 11) is 0. The molecule has 0 atom stereocenters. The highest BCUT2D eigenvalue weighted by atomic mass is 16.3. The molecule has 0 amide bonds. The van der Waals surface area contributed by atoms with E-state index in [0.717, 1.165) is 65.7 Å². The topological polar surface area (TPSA) is 16.4 Å². The van der Waals surface area contributed by atoms with Crippen LogP contribution in [0.3, 0.4) is 0 Å². The highest BCUT2D eigenvalue weighted by Crippen LogP contribution is 2.42. The van der Waals surface area contributed by atoms with E-state index in [-0.39, 0.29) is 5.69 Å². The van der Waals surface area contributed by atoms with Gasteiger partial charge in [0.25, 0.3) is 0 Å².